The first-order chi connectivity index (χ1) is 4.87. The van der Waals surface area contributed by atoms with E-state index >= 15 is 0 Å². The van der Waals surface area contributed by atoms with Gasteiger partial charge in [-0.15, -0.1) is 0 Å². The van der Waals surface area contributed by atoms with Gasteiger partial charge in [-0.25, -0.2) is 0 Å². The van der Waals surface area contributed by atoms with Crippen molar-refractivity contribution in [3.63, 3.8) is 0 Å². The van der Waals surface area contributed by atoms with E-state index in [2.05, 4.69) is 32.9 Å². The summed E-state index contributed by atoms with van der Waals surface area (Å²) in [5.41, 5.74) is 1.35. The Morgan fingerprint density at radius 3 is 2.00 bits per heavy atom. The van der Waals surface area contributed by atoms with Gasteiger partial charge >= 0.3 is 0 Å². The lowest BCUT2D eigenvalue weighted by Gasteiger charge is -2.20. The van der Waals surface area contributed by atoms with Gasteiger partial charge in [0.25, 0.3) is 0 Å². The molecule has 2 heteroatoms. The number of hydrogen-bond donors (Lipinski definition) is 1. The number of oxime groups is 1. The normalized spacial score (nSPS) is 31.1. The predicted molar refractivity (Wildman–Crippen MR) is 46.0 cm³/mol. The molecule has 0 unspecified atom stereocenters. The van der Waals surface area contributed by atoms with Crippen molar-refractivity contribution in [3.8, 4) is 0 Å². The highest BCUT2D eigenvalue weighted by Crippen LogP contribution is 2.46. The molecule has 0 bridgehead atoms. The smallest absolute Gasteiger partial charge is 0.0632 e. The molecule has 1 rings (SSSR count). The van der Waals surface area contributed by atoms with E-state index in [1.807, 2.05) is 0 Å². The molecule has 0 aromatic carbocycles. The summed E-state index contributed by atoms with van der Waals surface area (Å²) in [5, 5.41) is 12.1. The van der Waals surface area contributed by atoms with Crippen molar-refractivity contribution < 1.29 is 5.21 Å². The monoisotopic (exact) mass is 155 g/mol. The molecule has 0 aromatic heterocycles. The van der Waals surface area contributed by atoms with Gasteiger partial charge in [0.2, 0.25) is 0 Å². The largest absolute Gasteiger partial charge is 0.411 e. The predicted octanol–water partition coefficient (Wildman–Crippen LogP) is 2.66. The standard InChI is InChI=1S/C9H17NO/c1-8(2)5-7(10-11)9(3,4)6-8/h11H,5-6H2,1-4H3/b10-7+. The van der Waals surface area contributed by atoms with Crippen LogP contribution in [0.3, 0.4) is 0 Å². The molecule has 0 radical (unpaired) electrons. The van der Waals surface area contributed by atoms with Crippen LogP contribution < -0.4 is 0 Å². The lowest BCUT2D eigenvalue weighted by Crippen LogP contribution is -2.16. The van der Waals surface area contributed by atoms with Gasteiger partial charge in [0.1, 0.15) is 0 Å². The van der Waals surface area contributed by atoms with Gasteiger partial charge in [0, 0.05) is 5.41 Å². The molecule has 64 valence electrons. The molecule has 0 heterocycles. The zero-order valence-electron chi connectivity index (χ0n) is 7.81. The van der Waals surface area contributed by atoms with E-state index in [4.69, 9.17) is 5.21 Å². The summed E-state index contributed by atoms with van der Waals surface area (Å²) in [7, 11) is 0. The molecular weight excluding hydrogens is 138 g/mol. The summed E-state index contributed by atoms with van der Waals surface area (Å²) >= 11 is 0. The maximum absolute atomic E-state index is 8.72. The maximum atomic E-state index is 8.72. The van der Waals surface area contributed by atoms with Gasteiger partial charge in [-0.2, -0.15) is 0 Å². The average molecular weight is 155 g/mol. The summed E-state index contributed by atoms with van der Waals surface area (Å²) < 4.78 is 0. The van der Waals surface area contributed by atoms with Crippen LogP contribution >= 0.6 is 0 Å². The van der Waals surface area contributed by atoms with Crippen molar-refractivity contribution in [3.05, 3.63) is 0 Å². The Morgan fingerprint density at radius 2 is 1.82 bits per heavy atom. The SMILES string of the molecule is CC1(C)C/C(=N\O)C(C)(C)C1. The molecule has 0 aliphatic heterocycles. The quantitative estimate of drug-likeness (QED) is 0.423. The fourth-order valence-corrected chi connectivity index (χ4v) is 2.22. The minimum atomic E-state index is 0.0955. The lowest BCUT2D eigenvalue weighted by molar-refractivity contribution is 0.305. The topological polar surface area (TPSA) is 32.6 Å². The minimum Gasteiger partial charge on any atom is -0.411 e. The summed E-state index contributed by atoms with van der Waals surface area (Å²) in [5.74, 6) is 0. The van der Waals surface area contributed by atoms with Gasteiger partial charge in [-0.1, -0.05) is 32.9 Å². The molecule has 2 nitrogen and oxygen atoms in total. The number of nitrogens with zero attached hydrogens (tertiary/aromatic N) is 1. The molecule has 0 atom stereocenters. The van der Waals surface area contributed by atoms with Crippen LogP contribution in [0.5, 0.6) is 0 Å². The van der Waals surface area contributed by atoms with E-state index in [1.165, 1.54) is 0 Å². The van der Waals surface area contributed by atoms with Crippen molar-refractivity contribution in [2.24, 2.45) is 16.0 Å². The van der Waals surface area contributed by atoms with E-state index in [0.29, 0.717) is 5.41 Å². The van der Waals surface area contributed by atoms with Crippen molar-refractivity contribution in [1.82, 2.24) is 0 Å². The molecule has 11 heavy (non-hydrogen) atoms. The lowest BCUT2D eigenvalue weighted by atomic mass is 9.84. The fraction of sp³-hybridized carbons (Fsp3) is 0.889. The highest BCUT2D eigenvalue weighted by Gasteiger charge is 2.42. The zero-order valence-corrected chi connectivity index (χ0v) is 7.81. The van der Waals surface area contributed by atoms with E-state index in [0.717, 1.165) is 18.6 Å². The maximum Gasteiger partial charge on any atom is 0.0632 e. The Kier molecular flexibility index (Phi) is 1.73. The zero-order chi connectivity index (χ0) is 8.70. The number of hydrogen-bond acceptors (Lipinski definition) is 2. The van der Waals surface area contributed by atoms with Crippen LogP contribution in [0.15, 0.2) is 5.16 Å². The first kappa shape index (κ1) is 8.57. The second-order valence-corrected chi connectivity index (χ2v) is 4.95. The summed E-state index contributed by atoms with van der Waals surface area (Å²) in [6.07, 6.45) is 2.04. The molecule has 1 aliphatic rings. The van der Waals surface area contributed by atoms with Crippen LogP contribution in [0.4, 0.5) is 0 Å². The minimum absolute atomic E-state index is 0.0955. The third kappa shape index (κ3) is 1.55. The first-order valence-corrected chi connectivity index (χ1v) is 4.09. The second kappa shape index (κ2) is 2.23. The Bertz CT molecular complexity index is 192. The molecule has 0 spiro atoms. The molecule has 1 saturated carbocycles. The van der Waals surface area contributed by atoms with E-state index in [9.17, 15) is 0 Å². The van der Waals surface area contributed by atoms with E-state index in [-0.39, 0.29) is 5.41 Å². The van der Waals surface area contributed by atoms with Crippen LogP contribution in [0.25, 0.3) is 0 Å². The van der Waals surface area contributed by atoms with Crippen LogP contribution in [0.1, 0.15) is 40.5 Å². The van der Waals surface area contributed by atoms with Gasteiger partial charge in [0.15, 0.2) is 0 Å². The molecular formula is C9H17NO. The second-order valence-electron chi connectivity index (χ2n) is 4.95. The molecule has 0 saturated heterocycles. The molecule has 1 fully saturated rings. The molecule has 1 aliphatic carbocycles. The van der Waals surface area contributed by atoms with Crippen LogP contribution in [0.2, 0.25) is 0 Å². The average Bonchev–Trinajstić information content (AvgIpc) is 1.99. The van der Waals surface area contributed by atoms with Gasteiger partial charge in [0.05, 0.1) is 5.71 Å². The van der Waals surface area contributed by atoms with Crippen molar-refractivity contribution >= 4 is 5.71 Å². The third-order valence-corrected chi connectivity index (χ3v) is 2.47. The van der Waals surface area contributed by atoms with Gasteiger partial charge in [-0.05, 0) is 18.3 Å². The Hall–Kier alpha value is -0.530. The van der Waals surface area contributed by atoms with E-state index in [1.54, 1.807) is 0 Å². The Labute approximate surface area is 68.3 Å². The highest BCUT2D eigenvalue weighted by atomic mass is 16.4. The van der Waals surface area contributed by atoms with Crippen LogP contribution in [-0.2, 0) is 0 Å². The Balaban J connectivity index is 2.89. The summed E-state index contributed by atoms with van der Waals surface area (Å²) in [6.45, 7) is 8.70. The van der Waals surface area contributed by atoms with Crippen LogP contribution in [0, 0.1) is 10.8 Å². The van der Waals surface area contributed by atoms with Gasteiger partial charge < -0.3 is 5.21 Å². The van der Waals surface area contributed by atoms with Crippen molar-refractivity contribution in [2.75, 3.05) is 0 Å². The van der Waals surface area contributed by atoms with Crippen molar-refractivity contribution in [2.45, 2.75) is 40.5 Å². The molecule has 1 N–H and O–H groups in total. The fourth-order valence-electron chi connectivity index (χ4n) is 2.22. The summed E-state index contributed by atoms with van der Waals surface area (Å²) in [4.78, 5) is 0. The third-order valence-electron chi connectivity index (χ3n) is 2.47. The molecule has 0 amide bonds. The van der Waals surface area contributed by atoms with E-state index < -0.39 is 0 Å². The Morgan fingerprint density at radius 1 is 1.27 bits per heavy atom. The summed E-state index contributed by atoms with van der Waals surface area (Å²) in [6, 6.07) is 0. The van der Waals surface area contributed by atoms with Crippen molar-refractivity contribution in [1.29, 1.82) is 0 Å². The first-order valence-electron chi connectivity index (χ1n) is 4.09. The molecule has 0 aromatic rings. The van der Waals surface area contributed by atoms with Gasteiger partial charge in [-0.3, -0.25) is 0 Å². The number of rotatable bonds is 0. The van der Waals surface area contributed by atoms with Crippen LogP contribution in [-0.4, -0.2) is 10.9 Å². The highest BCUT2D eigenvalue weighted by molar-refractivity contribution is 5.91.